The van der Waals surface area contributed by atoms with Gasteiger partial charge in [0, 0.05) is 24.5 Å². The molecule has 0 aromatic carbocycles. The van der Waals surface area contributed by atoms with Crippen LogP contribution in [0.25, 0.3) is 10.2 Å². The Kier molecular flexibility index (Phi) is 3.95. The summed E-state index contributed by atoms with van der Waals surface area (Å²) in [5.74, 6) is 1.50. The highest BCUT2D eigenvalue weighted by molar-refractivity contribution is 7.16. The van der Waals surface area contributed by atoms with Crippen molar-refractivity contribution in [1.82, 2.24) is 19.8 Å². The van der Waals surface area contributed by atoms with Crippen LogP contribution in [0, 0.1) is 5.92 Å². The first-order chi connectivity index (χ1) is 9.54. The Morgan fingerprint density at radius 1 is 1.40 bits per heavy atom. The summed E-state index contributed by atoms with van der Waals surface area (Å²) in [7, 11) is 4.30. The smallest absolute Gasteiger partial charge is 0.145 e. The van der Waals surface area contributed by atoms with E-state index in [4.69, 9.17) is 11.6 Å². The molecular weight excluding hydrogens is 292 g/mol. The van der Waals surface area contributed by atoms with Gasteiger partial charge < -0.3 is 4.90 Å². The van der Waals surface area contributed by atoms with Gasteiger partial charge in [-0.1, -0.05) is 18.5 Å². The van der Waals surface area contributed by atoms with Crippen molar-refractivity contribution in [2.45, 2.75) is 19.5 Å². The summed E-state index contributed by atoms with van der Waals surface area (Å²) in [5, 5.41) is 3.54. The molecule has 1 aliphatic rings. The van der Waals surface area contributed by atoms with Crippen molar-refractivity contribution in [3.8, 4) is 0 Å². The van der Waals surface area contributed by atoms with Gasteiger partial charge in [-0.2, -0.15) is 0 Å². The van der Waals surface area contributed by atoms with E-state index < -0.39 is 0 Å². The molecule has 3 heterocycles. The van der Waals surface area contributed by atoms with E-state index in [0.717, 1.165) is 35.7 Å². The van der Waals surface area contributed by atoms with Crippen LogP contribution in [-0.4, -0.2) is 53.0 Å². The monoisotopic (exact) mass is 310 g/mol. The standard InChI is InChI=1S/C14H19ClN4S/c1-9-6-19(7-11(9)18(2)3)8-12-16-13(15)10-4-5-20-14(10)17-12/h4-5,9,11H,6-8H2,1-3H3. The quantitative estimate of drug-likeness (QED) is 0.816. The van der Waals surface area contributed by atoms with E-state index in [2.05, 4.69) is 40.8 Å². The van der Waals surface area contributed by atoms with Gasteiger partial charge in [-0.3, -0.25) is 4.90 Å². The summed E-state index contributed by atoms with van der Waals surface area (Å²) < 4.78 is 0. The van der Waals surface area contributed by atoms with E-state index in [1.54, 1.807) is 11.3 Å². The van der Waals surface area contributed by atoms with Gasteiger partial charge in [0.1, 0.15) is 15.8 Å². The molecule has 108 valence electrons. The van der Waals surface area contributed by atoms with Crippen LogP contribution in [0.2, 0.25) is 5.15 Å². The fourth-order valence-corrected chi connectivity index (χ4v) is 4.07. The second-order valence-corrected chi connectivity index (χ2v) is 7.02. The Balaban J connectivity index is 1.77. The predicted molar refractivity (Wildman–Crippen MR) is 84.3 cm³/mol. The lowest BCUT2D eigenvalue weighted by Gasteiger charge is -2.22. The number of likely N-dealkylation sites (tertiary alicyclic amines) is 1. The van der Waals surface area contributed by atoms with Crippen LogP contribution in [0.15, 0.2) is 11.4 Å². The Morgan fingerprint density at radius 3 is 2.90 bits per heavy atom. The molecule has 0 amide bonds. The number of aromatic nitrogens is 2. The SMILES string of the molecule is CC1CN(Cc2nc(Cl)c3ccsc3n2)CC1N(C)C. The Morgan fingerprint density at radius 2 is 2.20 bits per heavy atom. The molecule has 1 aliphatic heterocycles. The fraction of sp³-hybridized carbons (Fsp3) is 0.571. The highest BCUT2D eigenvalue weighted by Crippen LogP contribution is 2.26. The number of fused-ring (bicyclic) bond motifs is 1. The first-order valence-electron chi connectivity index (χ1n) is 6.83. The van der Waals surface area contributed by atoms with Crippen molar-refractivity contribution in [2.75, 3.05) is 27.2 Å². The number of halogens is 1. The summed E-state index contributed by atoms with van der Waals surface area (Å²) in [5.41, 5.74) is 0. The molecule has 0 saturated carbocycles. The molecule has 1 fully saturated rings. The molecule has 0 spiro atoms. The minimum Gasteiger partial charge on any atom is -0.305 e. The molecule has 4 nitrogen and oxygen atoms in total. The van der Waals surface area contributed by atoms with E-state index in [1.165, 1.54) is 0 Å². The molecule has 2 unspecified atom stereocenters. The first-order valence-corrected chi connectivity index (χ1v) is 8.08. The van der Waals surface area contributed by atoms with E-state index in [-0.39, 0.29) is 0 Å². The lowest BCUT2D eigenvalue weighted by molar-refractivity contribution is 0.249. The average molecular weight is 311 g/mol. The molecule has 0 bridgehead atoms. The van der Waals surface area contributed by atoms with Crippen LogP contribution in [0.1, 0.15) is 12.7 Å². The number of hydrogen-bond donors (Lipinski definition) is 0. The second kappa shape index (κ2) is 5.56. The zero-order chi connectivity index (χ0) is 14.3. The van der Waals surface area contributed by atoms with Crippen molar-refractivity contribution in [3.05, 3.63) is 22.4 Å². The molecular formula is C14H19ClN4S. The van der Waals surface area contributed by atoms with Gasteiger partial charge in [0.25, 0.3) is 0 Å². The van der Waals surface area contributed by atoms with Gasteiger partial charge in [-0.25, -0.2) is 9.97 Å². The number of nitrogens with zero attached hydrogens (tertiary/aromatic N) is 4. The van der Waals surface area contributed by atoms with Gasteiger partial charge in [0.05, 0.1) is 6.54 Å². The molecule has 0 aliphatic carbocycles. The molecule has 2 atom stereocenters. The van der Waals surface area contributed by atoms with Crippen molar-refractivity contribution < 1.29 is 0 Å². The van der Waals surface area contributed by atoms with Crippen LogP contribution >= 0.6 is 22.9 Å². The molecule has 2 aromatic rings. The zero-order valence-electron chi connectivity index (χ0n) is 12.0. The number of rotatable bonds is 3. The molecule has 20 heavy (non-hydrogen) atoms. The summed E-state index contributed by atoms with van der Waals surface area (Å²) in [6, 6.07) is 2.59. The fourth-order valence-electron chi connectivity index (χ4n) is 2.98. The van der Waals surface area contributed by atoms with Gasteiger partial charge in [-0.05, 0) is 31.5 Å². The summed E-state index contributed by atoms with van der Waals surface area (Å²) in [6.07, 6.45) is 0. The van der Waals surface area contributed by atoms with E-state index in [0.29, 0.717) is 17.1 Å². The van der Waals surface area contributed by atoms with Crippen LogP contribution in [0.3, 0.4) is 0 Å². The third kappa shape index (κ3) is 2.68. The maximum absolute atomic E-state index is 6.23. The second-order valence-electron chi connectivity index (χ2n) is 5.77. The summed E-state index contributed by atoms with van der Waals surface area (Å²) >= 11 is 7.84. The minimum atomic E-state index is 0.572. The summed E-state index contributed by atoms with van der Waals surface area (Å²) in [6.45, 7) is 5.24. The largest absolute Gasteiger partial charge is 0.305 e. The van der Waals surface area contributed by atoms with E-state index in [9.17, 15) is 0 Å². The topological polar surface area (TPSA) is 32.3 Å². The van der Waals surface area contributed by atoms with E-state index in [1.807, 2.05) is 11.4 Å². The number of likely N-dealkylation sites (N-methyl/N-ethyl adjacent to an activating group) is 1. The molecule has 2 aromatic heterocycles. The maximum Gasteiger partial charge on any atom is 0.145 e. The van der Waals surface area contributed by atoms with Crippen LogP contribution in [-0.2, 0) is 6.54 Å². The van der Waals surface area contributed by atoms with Crippen molar-refractivity contribution in [2.24, 2.45) is 5.92 Å². The minimum absolute atomic E-state index is 0.572. The summed E-state index contributed by atoms with van der Waals surface area (Å²) in [4.78, 5) is 14.8. The molecule has 3 rings (SSSR count). The van der Waals surface area contributed by atoms with Crippen LogP contribution in [0.4, 0.5) is 0 Å². The first kappa shape index (κ1) is 14.2. The van der Waals surface area contributed by atoms with Crippen molar-refractivity contribution in [3.63, 3.8) is 0 Å². The Bertz CT molecular complexity index is 612. The average Bonchev–Trinajstić information content (AvgIpc) is 2.96. The molecule has 6 heteroatoms. The lowest BCUT2D eigenvalue weighted by Crippen LogP contribution is -2.34. The van der Waals surface area contributed by atoms with Gasteiger partial charge in [-0.15, -0.1) is 11.3 Å². The Hall–Kier alpha value is -0.750. The van der Waals surface area contributed by atoms with Crippen LogP contribution < -0.4 is 0 Å². The van der Waals surface area contributed by atoms with Gasteiger partial charge in [0.15, 0.2) is 0 Å². The zero-order valence-corrected chi connectivity index (χ0v) is 13.6. The molecule has 0 N–H and O–H groups in total. The lowest BCUT2D eigenvalue weighted by atomic mass is 10.1. The highest BCUT2D eigenvalue weighted by Gasteiger charge is 2.31. The number of thiophene rings is 1. The van der Waals surface area contributed by atoms with Crippen LogP contribution in [0.5, 0.6) is 0 Å². The van der Waals surface area contributed by atoms with Crippen molar-refractivity contribution >= 4 is 33.2 Å². The van der Waals surface area contributed by atoms with E-state index >= 15 is 0 Å². The normalized spacial score (nSPS) is 24.1. The van der Waals surface area contributed by atoms with Gasteiger partial charge >= 0.3 is 0 Å². The van der Waals surface area contributed by atoms with Crippen molar-refractivity contribution in [1.29, 1.82) is 0 Å². The number of hydrogen-bond acceptors (Lipinski definition) is 5. The third-order valence-electron chi connectivity index (χ3n) is 4.00. The molecule has 0 radical (unpaired) electrons. The third-order valence-corrected chi connectivity index (χ3v) is 5.10. The highest BCUT2D eigenvalue weighted by atomic mass is 35.5. The predicted octanol–water partition coefficient (Wildman–Crippen LogP) is 2.73. The Labute approximate surface area is 128 Å². The van der Waals surface area contributed by atoms with Gasteiger partial charge in [0.2, 0.25) is 0 Å². The maximum atomic E-state index is 6.23. The molecule has 1 saturated heterocycles.